The number of aromatic nitrogens is 1. The third kappa shape index (κ3) is 3.46. The quantitative estimate of drug-likeness (QED) is 0.394. The SMILES string of the molecule is Cc1ccc(C)c(-c2nc(C(=O)c3ccccc3)c(-c3ccccc3)s2)c1. The standard InChI is InChI=1S/C24H19NOS/c1-16-13-14-17(2)20(15-16)24-25-21(22(26)18-9-5-3-6-10-18)23(27-24)19-11-7-4-8-12-19/h3-15H,1-2H3. The van der Waals surface area contributed by atoms with Crippen LogP contribution in [0.25, 0.3) is 21.0 Å². The largest absolute Gasteiger partial charge is 0.287 e. The van der Waals surface area contributed by atoms with Gasteiger partial charge in [-0.1, -0.05) is 78.4 Å². The lowest BCUT2D eigenvalue weighted by molar-refractivity contribution is 0.103. The Kier molecular flexibility index (Phi) is 4.69. The number of aryl methyl sites for hydroxylation is 2. The van der Waals surface area contributed by atoms with Gasteiger partial charge in [0.15, 0.2) is 0 Å². The molecule has 0 bridgehead atoms. The second kappa shape index (κ2) is 7.29. The molecule has 0 saturated carbocycles. The van der Waals surface area contributed by atoms with E-state index in [4.69, 9.17) is 4.98 Å². The molecule has 1 aromatic heterocycles. The monoisotopic (exact) mass is 369 g/mol. The lowest BCUT2D eigenvalue weighted by Crippen LogP contribution is -2.03. The normalized spacial score (nSPS) is 10.7. The van der Waals surface area contributed by atoms with Crippen LogP contribution < -0.4 is 0 Å². The number of nitrogens with zero attached hydrogens (tertiary/aromatic N) is 1. The number of rotatable bonds is 4. The number of ketones is 1. The average Bonchev–Trinajstić information content (AvgIpc) is 3.16. The Hall–Kier alpha value is -3.04. The Balaban J connectivity index is 1.90. The van der Waals surface area contributed by atoms with Gasteiger partial charge in [-0.2, -0.15) is 0 Å². The van der Waals surface area contributed by atoms with Crippen LogP contribution in [-0.2, 0) is 0 Å². The predicted molar refractivity (Wildman–Crippen MR) is 112 cm³/mol. The first-order chi connectivity index (χ1) is 13.1. The molecular formula is C24H19NOS. The van der Waals surface area contributed by atoms with Gasteiger partial charge in [0.05, 0.1) is 4.88 Å². The van der Waals surface area contributed by atoms with Crippen LogP contribution >= 0.6 is 11.3 Å². The molecule has 3 aromatic carbocycles. The van der Waals surface area contributed by atoms with E-state index >= 15 is 0 Å². The van der Waals surface area contributed by atoms with Crippen LogP contribution in [0.5, 0.6) is 0 Å². The summed E-state index contributed by atoms with van der Waals surface area (Å²) < 4.78 is 0. The Morgan fingerprint density at radius 2 is 1.52 bits per heavy atom. The van der Waals surface area contributed by atoms with Crippen LogP contribution in [0.3, 0.4) is 0 Å². The van der Waals surface area contributed by atoms with Crippen molar-refractivity contribution in [1.82, 2.24) is 4.98 Å². The molecule has 27 heavy (non-hydrogen) atoms. The van der Waals surface area contributed by atoms with E-state index in [2.05, 4.69) is 32.0 Å². The van der Waals surface area contributed by atoms with Crippen LogP contribution in [0.2, 0.25) is 0 Å². The maximum atomic E-state index is 13.2. The van der Waals surface area contributed by atoms with Crippen molar-refractivity contribution in [2.75, 3.05) is 0 Å². The van der Waals surface area contributed by atoms with E-state index in [0.29, 0.717) is 11.3 Å². The molecule has 0 aliphatic rings. The van der Waals surface area contributed by atoms with Crippen molar-refractivity contribution in [1.29, 1.82) is 0 Å². The zero-order chi connectivity index (χ0) is 18.8. The van der Waals surface area contributed by atoms with Crippen LogP contribution in [-0.4, -0.2) is 10.8 Å². The van der Waals surface area contributed by atoms with Gasteiger partial charge in [-0.3, -0.25) is 4.79 Å². The molecule has 0 unspecified atom stereocenters. The van der Waals surface area contributed by atoms with Crippen LogP contribution in [0, 0.1) is 13.8 Å². The molecule has 0 N–H and O–H groups in total. The lowest BCUT2D eigenvalue weighted by Gasteiger charge is -2.03. The van der Waals surface area contributed by atoms with Crippen molar-refractivity contribution in [3.8, 4) is 21.0 Å². The minimum atomic E-state index is -0.0396. The Morgan fingerprint density at radius 3 is 2.22 bits per heavy atom. The van der Waals surface area contributed by atoms with E-state index in [1.165, 1.54) is 5.56 Å². The van der Waals surface area contributed by atoms with Gasteiger partial charge in [-0.25, -0.2) is 4.98 Å². The summed E-state index contributed by atoms with van der Waals surface area (Å²) in [6.45, 7) is 4.15. The van der Waals surface area contributed by atoms with Gasteiger partial charge in [-0.15, -0.1) is 11.3 Å². The summed E-state index contributed by atoms with van der Waals surface area (Å²) in [4.78, 5) is 18.9. The highest BCUT2D eigenvalue weighted by molar-refractivity contribution is 7.18. The molecule has 4 rings (SSSR count). The summed E-state index contributed by atoms with van der Waals surface area (Å²) in [5.74, 6) is -0.0396. The van der Waals surface area contributed by atoms with Crippen LogP contribution in [0.4, 0.5) is 0 Å². The molecule has 0 fully saturated rings. The van der Waals surface area contributed by atoms with Crippen LogP contribution in [0.1, 0.15) is 27.2 Å². The highest BCUT2D eigenvalue weighted by Crippen LogP contribution is 2.37. The highest BCUT2D eigenvalue weighted by Gasteiger charge is 2.22. The molecule has 0 saturated heterocycles. The van der Waals surface area contributed by atoms with Crippen molar-refractivity contribution in [2.24, 2.45) is 0 Å². The minimum Gasteiger partial charge on any atom is -0.287 e. The van der Waals surface area contributed by atoms with E-state index < -0.39 is 0 Å². The number of benzene rings is 3. The summed E-state index contributed by atoms with van der Waals surface area (Å²) >= 11 is 1.58. The molecule has 1 heterocycles. The molecule has 0 radical (unpaired) electrons. The highest BCUT2D eigenvalue weighted by atomic mass is 32.1. The van der Waals surface area contributed by atoms with Gasteiger partial charge < -0.3 is 0 Å². The van der Waals surface area contributed by atoms with E-state index in [-0.39, 0.29) is 5.78 Å². The Bertz CT molecular complexity index is 1100. The fourth-order valence-corrected chi connectivity index (χ4v) is 4.22. The second-order valence-corrected chi connectivity index (χ2v) is 7.58. The molecule has 2 nitrogen and oxygen atoms in total. The van der Waals surface area contributed by atoms with Crippen molar-refractivity contribution in [3.63, 3.8) is 0 Å². The summed E-state index contributed by atoms with van der Waals surface area (Å²) in [6, 6.07) is 25.7. The van der Waals surface area contributed by atoms with Gasteiger partial charge in [0.25, 0.3) is 0 Å². The van der Waals surface area contributed by atoms with E-state index in [0.717, 1.165) is 26.6 Å². The number of carbonyl (C=O) groups excluding carboxylic acids is 1. The number of hydrogen-bond acceptors (Lipinski definition) is 3. The third-order valence-corrected chi connectivity index (χ3v) is 5.68. The first kappa shape index (κ1) is 17.4. The van der Waals surface area contributed by atoms with E-state index in [1.54, 1.807) is 11.3 Å². The molecule has 0 spiro atoms. The predicted octanol–water partition coefficient (Wildman–Crippen LogP) is 6.32. The molecular weight excluding hydrogens is 350 g/mol. The molecule has 132 valence electrons. The molecule has 4 aromatic rings. The first-order valence-corrected chi connectivity index (χ1v) is 9.69. The number of hydrogen-bond donors (Lipinski definition) is 0. The van der Waals surface area contributed by atoms with E-state index in [9.17, 15) is 4.79 Å². The molecule has 0 amide bonds. The summed E-state index contributed by atoms with van der Waals surface area (Å²) in [5.41, 5.74) is 5.63. The van der Waals surface area contributed by atoms with Gasteiger partial charge in [0, 0.05) is 11.1 Å². The van der Waals surface area contributed by atoms with Crippen molar-refractivity contribution >= 4 is 17.1 Å². The molecule has 0 aliphatic carbocycles. The number of thiazole rings is 1. The average molecular weight is 369 g/mol. The molecule has 0 aliphatic heterocycles. The Labute approximate surface area is 163 Å². The van der Waals surface area contributed by atoms with Crippen LogP contribution in [0.15, 0.2) is 78.9 Å². The van der Waals surface area contributed by atoms with Crippen molar-refractivity contribution in [2.45, 2.75) is 13.8 Å². The zero-order valence-corrected chi connectivity index (χ0v) is 16.1. The van der Waals surface area contributed by atoms with Crippen molar-refractivity contribution in [3.05, 3.63) is 101 Å². The van der Waals surface area contributed by atoms with Gasteiger partial charge in [0.1, 0.15) is 10.7 Å². The lowest BCUT2D eigenvalue weighted by atomic mass is 10.0. The van der Waals surface area contributed by atoms with Gasteiger partial charge >= 0.3 is 0 Å². The fourth-order valence-electron chi connectivity index (χ4n) is 3.07. The fraction of sp³-hybridized carbons (Fsp3) is 0.0833. The summed E-state index contributed by atoms with van der Waals surface area (Å²) in [5, 5.41) is 0.884. The van der Waals surface area contributed by atoms with Gasteiger partial charge in [0.2, 0.25) is 5.78 Å². The molecule has 0 atom stereocenters. The van der Waals surface area contributed by atoms with Gasteiger partial charge in [-0.05, 0) is 31.0 Å². The minimum absolute atomic E-state index is 0.0396. The third-order valence-electron chi connectivity index (χ3n) is 4.54. The van der Waals surface area contributed by atoms with E-state index in [1.807, 2.05) is 60.7 Å². The summed E-state index contributed by atoms with van der Waals surface area (Å²) in [7, 11) is 0. The molecule has 3 heteroatoms. The maximum Gasteiger partial charge on any atom is 0.212 e. The van der Waals surface area contributed by atoms with Crippen molar-refractivity contribution < 1.29 is 4.79 Å². The Morgan fingerprint density at radius 1 is 0.852 bits per heavy atom. The maximum absolute atomic E-state index is 13.2. The zero-order valence-electron chi connectivity index (χ0n) is 15.3. The second-order valence-electron chi connectivity index (χ2n) is 6.58. The first-order valence-electron chi connectivity index (χ1n) is 8.87. The topological polar surface area (TPSA) is 30.0 Å². The summed E-state index contributed by atoms with van der Waals surface area (Å²) in [6.07, 6.45) is 0. The smallest absolute Gasteiger partial charge is 0.212 e. The number of carbonyl (C=O) groups is 1.